The number of nitrogens with one attached hydrogen (secondary N) is 1. The Morgan fingerprint density at radius 2 is 1.54 bits per heavy atom. The highest BCUT2D eigenvalue weighted by Gasteiger charge is 2.44. The average molecular weight is 790 g/mol. The highest BCUT2D eigenvalue weighted by atomic mass is 19.1. The number of rotatable bonds is 23. The molecule has 1 fully saturated rings. The Morgan fingerprint density at radius 1 is 0.895 bits per heavy atom. The number of hydrogen-bond acceptors (Lipinski definition) is 7. The van der Waals surface area contributed by atoms with Crippen LogP contribution in [0.15, 0.2) is 59.5 Å². The number of halogens is 2. The standard InChI is InChI=1S/C45H57F2N3O7/c1-3-4-5-6-7-8-9-10-11-12-13-14-18-21-36(51)25-34(24-32-19-16-15-17-20-32)45(55)57-42-40-44(54)50-31(2)30-56-39(50)29-49(40)28-37(41(42)52)43(53)48-27-33-22-23-35(46)26-38(33)47/h15-17,19-20,22-23,26,28,31,34,39H,3-14,18,21,24-25,27,29-30H2,1-2H3,(H,48,53)/t31-,34+,39+/m0/s1. The first kappa shape index (κ1) is 43.4. The summed E-state index contributed by atoms with van der Waals surface area (Å²) in [7, 11) is 0. The van der Waals surface area contributed by atoms with Crippen molar-refractivity contribution in [2.45, 2.75) is 142 Å². The Morgan fingerprint density at radius 3 is 2.19 bits per heavy atom. The molecule has 57 heavy (non-hydrogen) atoms. The molecule has 0 spiro atoms. The lowest BCUT2D eigenvalue weighted by Gasteiger charge is -2.34. The number of hydrogen-bond donors (Lipinski definition) is 1. The highest BCUT2D eigenvalue weighted by Crippen LogP contribution is 2.31. The number of carbonyl (C=O) groups excluding carboxylic acids is 4. The van der Waals surface area contributed by atoms with Gasteiger partial charge in [-0.1, -0.05) is 120 Å². The maximum Gasteiger partial charge on any atom is 0.315 e. The first-order valence-electron chi connectivity index (χ1n) is 20.8. The molecule has 3 aromatic rings. The van der Waals surface area contributed by atoms with Crippen LogP contribution < -0.4 is 15.5 Å². The van der Waals surface area contributed by atoms with Gasteiger partial charge in [0.05, 0.1) is 25.1 Å². The van der Waals surface area contributed by atoms with Gasteiger partial charge in [-0.25, -0.2) is 8.78 Å². The van der Waals surface area contributed by atoms with Gasteiger partial charge in [0.1, 0.15) is 23.0 Å². The fourth-order valence-corrected chi connectivity index (χ4v) is 7.69. The van der Waals surface area contributed by atoms with E-state index in [2.05, 4.69) is 12.2 Å². The second-order valence-corrected chi connectivity index (χ2v) is 15.5. The molecule has 0 radical (unpaired) electrons. The minimum atomic E-state index is -1.01. The van der Waals surface area contributed by atoms with Crippen molar-refractivity contribution in [3.05, 3.63) is 99.0 Å². The van der Waals surface area contributed by atoms with Crippen molar-refractivity contribution in [2.24, 2.45) is 5.92 Å². The zero-order chi connectivity index (χ0) is 40.7. The minimum Gasteiger partial charge on any atom is -0.420 e. The number of pyridine rings is 1. The van der Waals surface area contributed by atoms with E-state index in [0.29, 0.717) is 18.9 Å². The topological polar surface area (TPSA) is 124 Å². The van der Waals surface area contributed by atoms with Crippen molar-refractivity contribution in [2.75, 3.05) is 6.61 Å². The van der Waals surface area contributed by atoms with Crippen LogP contribution in [0.25, 0.3) is 0 Å². The Bertz CT molecular complexity index is 1900. The zero-order valence-corrected chi connectivity index (χ0v) is 33.4. The molecular weight excluding hydrogens is 733 g/mol. The second-order valence-electron chi connectivity index (χ2n) is 15.5. The molecule has 2 aliphatic rings. The first-order chi connectivity index (χ1) is 27.6. The van der Waals surface area contributed by atoms with Gasteiger partial charge in [-0.05, 0) is 31.4 Å². The van der Waals surface area contributed by atoms with E-state index < -0.39 is 58.3 Å². The summed E-state index contributed by atoms with van der Waals surface area (Å²) >= 11 is 0. The minimum absolute atomic E-state index is 0.0131. The van der Waals surface area contributed by atoms with Crippen molar-refractivity contribution in [3.63, 3.8) is 0 Å². The van der Waals surface area contributed by atoms with Crippen LogP contribution in [0, 0.1) is 17.6 Å². The predicted octanol–water partition coefficient (Wildman–Crippen LogP) is 8.46. The Labute approximate surface area is 334 Å². The van der Waals surface area contributed by atoms with E-state index in [1.165, 1.54) is 79.5 Å². The van der Waals surface area contributed by atoms with E-state index in [0.717, 1.165) is 30.9 Å². The lowest BCUT2D eigenvalue weighted by atomic mass is 9.92. The van der Waals surface area contributed by atoms with Crippen LogP contribution in [-0.2, 0) is 33.8 Å². The first-order valence-corrected chi connectivity index (χ1v) is 20.8. The molecule has 10 nitrogen and oxygen atoms in total. The summed E-state index contributed by atoms with van der Waals surface area (Å²) in [6, 6.07) is 11.7. The molecule has 2 amide bonds. The molecule has 0 aliphatic carbocycles. The molecule has 0 saturated carbocycles. The summed E-state index contributed by atoms with van der Waals surface area (Å²) in [6.45, 7) is 3.97. The largest absolute Gasteiger partial charge is 0.420 e. The van der Waals surface area contributed by atoms with Gasteiger partial charge in [0.25, 0.3) is 11.8 Å². The van der Waals surface area contributed by atoms with Gasteiger partial charge in [-0.3, -0.25) is 24.0 Å². The van der Waals surface area contributed by atoms with Crippen molar-refractivity contribution in [1.82, 2.24) is 14.8 Å². The Kier molecular flexibility index (Phi) is 16.5. The van der Waals surface area contributed by atoms with Crippen LogP contribution in [0.5, 0.6) is 5.75 Å². The molecule has 1 aromatic heterocycles. The van der Waals surface area contributed by atoms with Crippen LogP contribution in [0.1, 0.15) is 142 Å². The SMILES string of the molecule is CCCCCCCCCCCCCCCC(=O)C[C@@H](Cc1ccccc1)C(=O)Oc1c2n(cc(C(=O)NCc3ccc(F)cc3F)c1=O)C[C@H]1OC[C@H](C)N1C2=O. The van der Waals surface area contributed by atoms with Crippen LogP contribution in [-0.4, -0.2) is 51.9 Å². The number of unbranched alkanes of at least 4 members (excludes halogenated alkanes) is 12. The number of carbonyl (C=O) groups is 4. The molecule has 3 heterocycles. The molecule has 0 bridgehead atoms. The van der Waals surface area contributed by atoms with E-state index in [9.17, 15) is 32.8 Å². The normalized spacial score (nSPS) is 16.6. The van der Waals surface area contributed by atoms with Gasteiger partial charge in [0.2, 0.25) is 11.2 Å². The number of nitrogens with zero attached hydrogens (tertiary/aromatic N) is 2. The third-order valence-corrected chi connectivity index (χ3v) is 10.9. The van der Waals surface area contributed by atoms with E-state index >= 15 is 0 Å². The van der Waals surface area contributed by atoms with Crippen molar-refractivity contribution < 1.29 is 37.4 Å². The Balaban J connectivity index is 1.27. The van der Waals surface area contributed by atoms with Crippen molar-refractivity contribution in [1.29, 1.82) is 0 Å². The van der Waals surface area contributed by atoms with Crippen LogP contribution in [0.3, 0.4) is 0 Å². The third kappa shape index (κ3) is 12.1. The Hall–Kier alpha value is -4.71. The van der Waals surface area contributed by atoms with Gasteiger partial charge in [0, 0.05) is 37.2 Å². The van der Waals surface area contributed by atoms with Crippen LogP contribution >= 0.6 is 0 Å². The van der Waals surface area contributed by atoms with E-state index in [1.54, 1.807) is 6.92 Å². The molecule has 1 N–H and O–H groups in total. The summed E-state index contributed by atoms with van der Waals surface area (Å²) in [6.07, 6.45) is 16.3. The second kappa shape index (κ2) is 21.7. The van der Waals surface area contributed by atoms with Gasteiger partial charge in [-0.15, -0.1) is 0 Å². The summed E-state index contributed by atoms with van der Waals surface area (Å²) in [5.74, 6) is -5.74. The van der Waals surface area contributed by atoms with Gasteiger partial charge < -0.3 is 24.3 Å². The number of Topliss-reactive ketones (excluding diaryl/α,β-unsaturated/α-hetero) is 1. The maximum absolute atomic E-state index is 14.3. The van der Waals surface area contributed by atoms with Gasteiger partial charge >= 0.3 is 5.97 Å². The molecule has 3 atom stereocenters. The van der Waals surface area contributed by atoms with Gasteiger partial charge in [0.15, 0.2) is 11.9 Å². The van der Waals surface area contributed by atoms with E-state index in [1.807, 2.05) is 30.3 Å². The number of ether oxygens (including phenoxy) is 2. The molecule has 5 rings (SSSR count). The monoisotopic (exact) mass is 789 g/mol. The smallest absolute Gasteiger partial charge is 0.315 e. The summed E-state index contributed by atoms with van der Waals surface area (Å²) in [5.41, 5.74) is -0.895. The third-order valence-electron chi connectivity index (χ3n) is 10.9. The zero-order valence-electron chi connectivity index (χ0n) is 33.4. The fraction of sp³-hybridized carbons (Fsp3) is 0.533. The van der Waals surface area contributed by atoms with Crippen molar-refractivity contribution in [3.8, 4) is 5.75 Å². The number of fused-ring (bicyclic) bond motifs is 2. The van der Waals surface area contributed by atoms with E-state index in [4.69, 9.17) is 9.47 Å². The quantitative estimate of drug-likeness (QED) is 0.0756. The average Bonchev–Trinajstić information content (AvgIpc) is 3.57. The number of amides is 2. The van der Waals surface area contributed by atoms with Crippen LogP contribution in [0.2, 0.25) is 0 Å². The highest BCUT2D eigenvalue weighted by molar-refractivity contribution is 6.00. The fourth-order valence-electron chi connectivity index (χ4n) is 7.69. The number of aromatic nitrogens is 1. The molecule has 308 valence electrons. The molecule has 12 heteroatoms. The summed E-state index contributed by atoms with van der Waals surface area (Å²) in [4.78, 5) is 70.4. The molecule has 1 saturated heterocycles. The lowest BCUT2D eigenvalue weighted by molar-refractivity contribution is -0.141. The van der Waals surface area contributed by atoms with Gasteiger partial charge in [-0.2, -0.15) is 0 Å². The van der Waals surface area contributed by atoms with Crippen LogP contribution in [0.4, 0.5) is 8.78 Å². The molecule has 2 aliphatic heterocycles. The lowest BCUT2D eigenvalue weighted by Crippen LogP contribution is -2.49. The molecular formula is C45H57F2N3O7. The van der Waals surface area contributed by atoms with Crippen molar-refractivity contribution >= 4 is 23.6 Å². The predicted molar refractivity (Wildman–Crippen MR) is 213 cm³/mol. The number of ketones is 1. The number of esters is 1. The maximum atomic E-state index is 14.3. The summed E-state index contributed by atoms with van der Waals surface area (Å²) < 4.78 is 40.8. The van der Waals surface area contributed by atoms with E-state index in [-0.39, 0.29) is 55.6 Å². The summed E-state index contributed by atoms with van der Waals surface area (Å²) in [5, 5.41) is 2.47. The molecule has 2 aromatic carbocycles. The molecule has 0 unspecified atom stereocenters. The number of benzene rings is 2.